The minimum Gasteiger partial charge on any atom is -0.314 e. The normalized spacial score (nSPS) is 20.4. The summed E-state index contributed by atoms with van der Waals surface area (Å²) in [4.78, 5) is 0.0663. The molecule has 1 aliphatic rings. The molecule has 106 valence electrons. The van der Waals surface area contributed by atoms with Crippen LogP contribution in [0.3, 0.4) is 0 Å². The van der Waals surface area contributed by atoms with Gasteiger partial charge in [-0.3, -0.25) is 0 Å². The molecule has 2 rings (SSSR count). The van der Waals surface area contributed by atoms with Crippen molar-refractivity contribution >= 4 is 33.2 Å². The fourth-order valence-electron chi connectivity index (χ4n) is 2.20. The van der Waals surface area contributed by atoms with Crippen molar-refractivity contribution in [3.05, 3.63) is 28.2 Å². The molecular formula is C12H16Cl2N2O2S. The second kappa shape index (κ2) is 5.22. The van der Waals surface area contributed by atoms with Gasteiger partial charge in [0.15, 0.2) is 0 Å². The summed E-state index contributed by atoms with van der Waals surface area (Å²) in [5.41, 5.74) is -0.497. The van der Waals surface area contributed by atoms with Gasteiger partial charge in [0.05, 0.1) is 5.02 Å². The Balaban J connectivity index is 2.50. The zero-order chi connectivity index (χ0) is 14.3. The molecule has 1 N–H and O–H groups in total. The summed E-state index contributed by atoms with van der Waals surface area (Å²) < 4.78 is 26.9. The zero-order valence-corrected chi connectivity index (χ0v) is 13.1. The van der Waals surface area contributed by atoms with E-state index >= 15 is 0 Å². The maximum absolute atomic E-state index is 12.7. The molecule has 0 bridgehead atoms. The number of nitrogens with zero attached hydrogens (tertiary/aromatic N) is 1. The molecule has 1 saturated heterocycles. The summed E-state index contributed by atoms with van der Waals surface area (Å²) in [5.74, 6) is 0. The molecule has 0 aliphatic carbocycles. The number of hydrogen-bond acceptors (Lipinski definition) is 3. The Labute approximate surface area is 123 Å². The molecule has 4 nitrogen and oxygen atoms in total. The second-order valence-electron chi connectivity index (χ2n) is 5.14. The molecule has 1 heterocycles. The Hall–Kier alpha value is -0.330. The van der Waals surface area contributed by atoms with E-state index in [2.05, 4.69) is 5.32 Å². The van der Waals surface area contributed by atoms with Crippen LogP contribution in [0.25, 0.3) is 0 Å². The number of sulfonamides is 1. The molecule has 7 heteroatoms. The van der Waals surface area contributed by atoms with Gasteiger partial charge in [-0.25, -0.2) is 8.42 Å². The molecule has 1 aromatic carbocycles. The Bertz CT molecular complexity index is 587. The Kier molecular flexibility index (Phi) is 4.14. The SMILES string of the molecule is CC1(C)CNCCN1S(=O)(=O)c1cc(Cl)ccc1Cl. The largest absolute Gasteiger partial charge is 0.314 e. The predicted octanol–water partition coefficient (Wildman–Crippen LogP) is 2.37. The number of hydrogen-bond donors (Lipinski definition) is 1. The molecule has 1 fully saturated rings. The van der Waals surface area contributed by atoms with Gasteiger partial charge in [-0.05, 0) is 32.0 Å². The molecule has 1 aliphatic heterocycles. The van der Waals surface area contributed by atoms with Gasteiger partial charge in [-0.1, -0.05) is 23.2 Å². The quantitative estimate of drug-likeness (QED) is 0.909. The molecule has 19 heavy (non-hydrogen) atoms. The van der Waals surface area contributed by atoms with Gasteiger partial charge in [-0.2, -0.15) is 4.31 Å². The van der Waals surface area contributed by atoms with Gasteiger partial charge in [-0.15, -0.1) is 0 Å². The summed E-state index contributed by atoms with van der Waals surface area (Å²) >= 11 is 11.9. The summed E-state index contributed by atoms with van der Waals surface area (Å²) in [6.45, 7) is 5.41. The van der Waals surface area contributed by atoms with E-state index in [0.717, 1.165) is 0 Å². The Morgan fingerprint density at radius 1 is 1.32 bits per heavy atom. The maximum atomic E-state index is 12.7. The first kappa shape index (κ1) is 15.1. The van der Waals surface area contributed by atoms with Crippen LogP contribution in [0, 0.1) is 0 Å². The van der Waals surface area contributed by atoms with Crippen molar-refractivity contribution in [2.24, 2.45) is 0 Å². The van der Waals surface area contributed by atoms with Gasteiger partial charge in [0.2, 0.25) is 10.0 Å². The predicted molar refractivity (Wildman–Crippen MR) is 77.3 cm³/mol. The third-order valence-electron chi connectivity index (χ3n) is 3.19. The smallest absolute Gasteiger partial charge is 0.245 e. The highest BCUT2D eigenvalue weighted by Crippen LogP contribution is 2.31. The van der Waals surface area contributed by atoms with Gasteiger partial charge in [0.1, 0.15) is 4.90 Å². The summed E-state index contributed by atoms with van der Waals surface area (Å²) in [6, 6.07) is 4.48. The van der Waals surface area contributed by atoms with E-state index in [9.17, 15) is 8.42 Å². The minimum absolute atomic E-state index is 0.0663. The van der Waals surface area contributed by atoms with Crippen molar-refractivity contribution in [3.8, 4) is 0 Å². The first-order valence-corrected chi connectivity index (χ1v) is 8.13. The highest BCUT2D eigenvalue weighted by Gasteiger charge is 2.39. The first-order chi connectivity index (χ1) is 8.75. The van der Waals surface area contributed by atoms with E-state index in [4.69, 9.17) is 23.2 Å². The van der Waals surface area contributed by atoms with E-state index in [-0.39, 0.29) is 9.92 Å². The van der Waals surface area contributed by atoms with Gasteiger partial charge < -0.3 is 5.32 Å². The molecule has 0 radical (unpaired) electrons. The van der Waals surface area contributed by atoms with Crippen molar-refractivity contribution in [2.75, 3.05) is 19.6 Å². The fraction of sp³-hybridized carbons (Fsp3) is 0.500. The van der Waals surface area contributed by atoms with Crippen LogP contribution in [0.4, 0.5) is 0 Å². The molecule has 0 saturated carbocycles. The molecule has 0 aromatic heterocycles. The van der Waals surface area contributed by atoms with Crippen LogP contribution in [0.5, 0.6) is 0 Å². The molecule has 0 spiro atoms. The van der Waals surface area contributed by atoms with Gasteiger partial charge in [0, 0.05) is 30.2 Å². The third-order valence-corrected chi connectivity index (χ3v) is 6.01. The lowest BCUT2D eigenvalue weighted by atomic mass is 10.0. The Morgan fingerprint density at radius 3 is 2.63 bits per heavy atom. The third kappa shape index (κ3) is 2.90. The standard InChI is InChI=1S/C12H16Cl2N2O2S/c1-12(2)8-15-5-6-16(12)19(17,18)11-7-9(13)3-4-10(11)14/h3-4,7,15H,5-6,8H2,1-2H3. The number of halogens is 2. The fourth-order valence-corrected chi connectivity index (χ4v) is 4.73. The van der Waals surface area contributed by atoms with Crippen LogP contribution >= 0.6 is 23.2 Å². The van der Waals surface area contributed by atoms with Gasteiger partial charge >= 0.3 is 0 Å². The maximum Gasteiger partial charge on any atom is 0.245 e. The van der Waals surface area contributed by atoms with E-state index in [1.165, 1.54) is 16.4 Å². The molecular weight excluding hydrogens is 307 g/mol. The van der Waals surface area contributed by atoms with Crippen LogP contribution < -0.4 is 5.32 Å². The zero-order valence-electron chi connectivity index (χ0n) is 10.8. The molecule has 1 aromatic rings. The number of piperazine rings is 1. The summed E-state index contributed by atoms with van der Waals surface area (Å²) in [6.07, 6.45) is 0. The average molecular weight is 323 g/mol. The molecule has 0 atom stereocenters. The van der Waals surface area contributed by atoms with Crippen molar-refractivity contribution < 1.29 is 8.42 Å². The number of benzene rings is 1. The van der Waals surface area contributed by atoms with Crippen molar-refractivity contribution in [1.82, 2.24) is 9.62 Å². The van der Waals surface area contributed by atoms with E-state index in [0.29, 0.717) is 24.7 Å². The minimum atomic E-state index is -3.65. The average Bonchev–Trinajstić information content (AvgIpc) is 2.31. The topological polar surface area (TPSA) is 49.4 Å². The first-order valence-electron chi connectivity index (χ1n) is 5.94. The lowest BCUT2D eigenvalue weighted by Crippen LogP contribution is -2.59. The van der Waals surface area contributed by atoms with Crippen molar-refractivity contribution in [2.45, 2.75) is 24.3 Å². The number of nitrogens with one attached hydrogen (secondary N) is 1. The van der Waals surface area contributed by atoms with Crippen LogP contribution in [-0.4, -0.2) is 37.9 Å². The van der Waals surface area contributed by atoms with Crippen LogP contribution in [0.1, 0.15) is 13.8 Å². The lowest BCUT2D eigenvalue weighted by molar-refractivity contribution is 0.186. The molecule has 0 amide bonds. The second-order valence-corrected chi connectivity index (χ2v) is 7.82. The van der Waals surface area contributed by atoms with Crippen LogP contribution in [0.2, 0.25) is 10.0 Å². The van der Waals surface area contributed by atoms with E-state index in [1.54, 1.807) is 6.07 Å². The molecule has 0 unspecified atom stereocenters. The van der Waals surface area contributed by atoms with Crippen LogP contribution in [0.15, 0.2) is 23.1 Å². The monoisotopic (exact) mass is 322 g/mol. The Morgan fingerprint density at radius 2 is 2.00 bits per heavy atom. The van der Waals surface area contributed by atoms with E-state index in [1.807, 2.05) is 13.8 Å². The van der Waals surface area contributed by atoms with Gasteiger partial charge in [0.25, 0.3) is 0 Å². The van der Waals surface area contributed by atoms with Crippen molar-refractivity contribution in [1.29, 1.82) is 0 Å². The van der Waals surface area contributed by atoms with Crippen LogP contribution in [-0.2, 0) is 10.0 Å². The number of rotatable bonds is 2. The highest BCUT2D eigenvalue weighted by atomic mass is 35.5. The summed E-state index contributed by atoms with van der Waals surface area (Å²) in [5, 5.41) is 3.74. The van der Waals surface area contributed by atoms with E-state index < -0.39 is 15.6 Å². The lowest BCUT2D eigenvalue weighted by Gasteiger charge is -2.41. The summed E-state index contributed by atoms with van der Waals surface area (Å²) in [7, 11) is -3.65. The van der Waals surface area contributed by atoms with Crippen molar-refractivity contribution in [3.63, 3.8) is 0 Å². The highest BCUT2D eigenvalue weighted by molar-refractivity contribution is 7.89.